The number of aromatic nitrogens is 2. The number of nitrogens with one attached hydrogen (secondary N) is 1. The van der Waals surface area contributed by atoms with Crippen molar-refractivity contribution in [1.82, 2.24) is 19.8 Å². The number of hydrogen-bond donors (Lipinski definition) is 1. The standard InChI is InChI=1S/C25H25FN4O5/c1-25(24(33)27-12-16-8-5-7-11-19(16)34-2)14-29-15-28-20(23(32)35-3)21(29)22(31)30(25)13-17-9-4-6-10-18(17)26/h4-11,15H,12-14H2,1-3H3,(H,27,33)/t25-/m0/s1. The SMILES string of the molecule is COC(=O)c1ncn2c1C(=O)N(Cc1ccccc1F)[C@](C)(C(=O)NCc1ccccc1OC)C2. The van der Waals surface area contributed by atoms with Crippen LogP contribution in [0.15, 0.2) is 54.9 Å². The smallest absolute Gasteiger partial charge is 0.359 e. The van der Waals surface area contributed by atoms with Crippen molar-refractivity contribution in [2.75, 3.05) is 14.2 Å². The summed E-state index contributed by atoms with van der Waals surface area (Å²) in [7, 11) is 2.73. The molecule has 0 unspecified atom stereocenters. The first-order chi connectivity index (χ1) is 16.8. The fourth-order valence-corrected chi connectivity index (χ4v) is 4.19. The van der Waals surface area contributed by atoms with E-state index in [1.807, 2.05) is 18.2 Å². The van der Waals surface area contributed by atoms with Gasteiger partial charge in [-0.1, -0.05) is 36.4 Å². The van der Waals surface area contributed by atoms with Crippen molar-refractivity contribution in [2.45, 2.75) is 32.1 Å². The molecule has 2 heterocycles. The third-order valence-corrected chi connectivity index (χ3v) is 6.15. The number of imidazole rings is 1. The number of methoxy groups -OCH3 is 2. The summed E-state index contributed by atoms with van der Waals surface area (Å²) in [6, 6.07) is 13.3. The maximum Gasteiger partial charge on any atom is 0.359 e. The molecule has 1 N–H and O–H groups in total. The van der Waals surface area contributed by atoms with Gasteiger partial charge in [-0.25, -0.2) is 14.2 Å². The minimum Gasteiger partial charge on any atom is -0.496 e. The van der Waals surface area contributed by atoms with E-state index in [0.717, 1.165) is 5.56 Å². The molecule has 2 aromatic carbocycles. The van der Waals surface area contributed by atoms with E-state index in [0.29, 0.717) is 5.75 Å². The monoisotopic (exact) mass is 480 g/mol. The van der Waals surface area contributed by atoms with Crippen LogP contribution < -0.4 is 10.1 Å². The first kappa shape index (κ1) is 23.9. The number of para-hydroxylation sites is 1. The molecular weight excluding hydrogens is 455 g/mol. The van der Waals surface area contributed by atoms with Crippen molar-refractivity contribution in [3.05, 3.63) is 83.2 Å². The number of carbonyl (C=O) groups excluding carboxylic acids is 3. The number of benzene rings is 2. The van der Waals surface area contributed by atoms with Crippen molar-refractivity contribution in [2.24, 2.45) is 0 Å². The summed E-state index contributed by atoms with van der Waals surface area (Å²) in [5, 5.41) is 2.87. The van der Waals surface area contributed by atoms with Crippen molar-refractivity contribution in [3.8, 4) is 5.75 Å². The molecule has 2 amide bonds. The minimum absolute atomic E-state index is 0.00424. The number of nitrogens with zero attached hydrogens (tertiary/aromatic N) is 3. The molecule has 1 atom stereocenters. The fraction of sp³-hybridized carbons (Fsp3) is 0.280. The molecule has 182 valence electrons. The highest BCUT2D eigenvalue weighted by Crippen LogP contribution is 2.31. The highest BCUT2D eigenvalue weighted by Gasteiger charge is 2.49. The zero-order valence-electron chi connectivity index (χ0n) is 19.6. The third kappa shape index (κ3) is 4.34. The zero-order chi connectivity index (χ0) is 25.2. The molecule has 1 aliphatic heterocycles. The summed E-state index contributed by atoms with van der Waals surface area (Å²) in [5.74, 6) is -1.76. The van der Waals surface area contributed by atoms with Gasteiger partial charge in [-0.3, -0.25) is 9.59 Å². The number of hydrogen-bond acceptors (Lipinski definition) is 6. The maximum atomic E-state index is 14.5. The van der Waals surface area contributed by atoms with Gasteiger partial charge in [0.1, 0.15) is 22.8 Å². The normalized spacial score (nSPS) is 17.0. The number of amides is 2. The Labute approximate surface area is 201 Å². The van der Waals surface area contributed by atoms with Gasteiger partial charge >= 0.3 is 5.97 Å². The molecule has 1 aliphatic rings. The lowest BCUT2D eigenvalue weighted by molar-refractivity contribution is -0.133. The van der Waals surface area contributed by atoms with Gasteiger partial charge in [-0.15, -0.1) is 0 Å². The molecule has 0 aliphatic carbocycles. The Kier molecular flexibility index (Phi) is 6.54. The lowest BCUT2D eigenvalue weighted by Crippen LogP contribution is -2.63. The lowest BCUT2D eigenvalue weighted by Gasteiger charge is -2.43. The number of rotatable bonds is 7. The lowest BCUT2D eigenvalue weighted by atomic mass is 9.93. The van der Waals surface area contributed by atoms with Gasteiger partial charge in [-0.05, 0) is 19.1 Å². The van der Waals surface area contributed by atoms with E-state index < -0.39 is 29.1 Å². The molecule has 0 fully saturated rings. The summed E-state index contributed by atoms with van der Waals surface area (Å²) in [5.41, 5.74) is -0.596. The molecule has 0 spiro atoms. The topological polar surface area (TPSA) is 103 Å². The maximum absolute atomic E-state index is 14.5. The first-order valence-electron chi connectivity index (χ1n) is 10.9. The van der Waals surface area contributed by atoms with E-state index >= 15 is 0 Å². The van der Waals surface area contributed by atoms with E-state index in [1.165, 1.54) is 36.1 Å². The average molecular weight is 480 g/mol. The molecule has 4 rings (SSSR count). The zero-order valence-corrected chi connectivity index (χ0v) is 19.6. The van der Waals surface area contributed by atoms with E-state index in [2.05, 4.69) is 10.3 Å². The second-order valence-corrected chi connectivity index (χ2v) is 8.31. The van der Waals surface area contributed by atoms with Crippen LogP contribution in [0.1, 0.15) is 39.0 Å². The van der Waals surface area contributed by atoms with Gasteiger partial charge in [0, 0.05) is 17.7 Å². The van der Waals surface area contributed by atoms with Crippen LogP contribution in [0.5, 0.6) is 5.75 Å². The van der Waals surface area contributed by atoms with Crippen molar-refractivity contribution >= 4 is 17.8 Å². The average Bonchev–Trinajstić information content (AvgIpc) is 3.29. The molecule has 9 nitrogen and oxygen atoms in total. The molecule has 0 bridgehead atoms. The van der Waals surface area contributed by atoms with Crippen LogP contribution in [-0.4, -0.2) is 52.0 Å². The second-order valence-electron chi connectivity index (χ2n) is 8.31. The van der Waals surface area contributed by atoms with Gasteiger partial charge in [-0.2, -0.15) is 0 Å². The van der Waals surface area contributed by atoms with Crippen molar-refractivity contribution < 1.29 is 28.2 Å². The quantitative estimate of drug-likeness (QED) is 0.522. The second kappa shape index (κ2) is 9.57. The molecule has 1 aromatic heterocycles. The van der Waals surface area contributed by atoms with Crippen LogP contribution >= 0.6 is 0 Å². The Balaban J connectivity index is 1.71. The van der Waals surface area contributed by atoms with Gasteiger partial charge in [0.15, 0.2) is 5.69 Å². The number of halogens is 1. The summed E-state index contributed by atoms with van der Waals surface area (Å²) < 4.78 is 26.1. The van der Waals surface area contributed by atoms with Gasteiger partial charge in [0.25, 0.3) is 5.91 Å². The minimum atomic E-state index is -1.41. The van der Waals surface area contributed by atoms with E-state index in [4.69, 9.17) is 9.47 Å². The van der Waals surface area contributed by atoms with Crippen LogP contribution in [-0.2, 0) is 29.2 Å². The van der Waals surface area contributed by atoms with Crippen LogP contribution in [0.2, 0.25) is 0 Å². The number of fused-ring (bicyclic) bond motifs is 1. The first-order valence-corrected chi connectivity index (χ1v) is 10.9. The highest BCUT2D eigenvalue weighted by molar-refractivity contribution is 6.06. The predicted octanol–water partition coefficient (Wildman–Crippen LogP) is 2.55. The number of ether oxygens (including phenoxy) is 2. The summed E-state index contributed by atoms with van der Waals surface area (Å²) in [6.07, 6.45) is 1.33. The summed E-state index contributed by atoms with van der Waals surface area (Å²) in [6.45, 7) is 1.58. The molecule has 0 saturated carbocycles. The summed E-state index contributed by atoms with van der Waals surface area (Å²) >= 11 is 0. The fourth-order valence-electron chi connectivity index (χ4n) is 4.19. The van der Waals surface area contributed by atoms with Crippen LogP contribution in [0.3, 0.4) is 0 Å². The van der Waals surface area contributed by atoms with Crippen LogP contribution in [0.25, 0.3) is 0 Å². The largest absolute Gasteiger partial charge is 0.496 e. The molecular formula is C25H25FN4O5. The molecule has 35 heavy (non-hydrogen) atoms. The molecule has 0 radical (unpaired) electrons. The Morgan fingerprint density at radius 2 is 1.80 bits per heavy atom. The Morgan fingerprint density at radius 3 is 2.49 bits per heavy atom. The summed E-state index contributed by atoms with van der Waals surface area (Å²) in [4.78, 5) is 44.7. The van der Waals surface area contributed by atoms with Crippen molar-refractivity contribution in [1.29, 1.82) is 0 Å². The Hall–Kier alpha value is -4.21. The van der Waals surface area contributed by atoms with Crippen molar-refractivity contribution in [3.63, 3.8) is 0 Å². The predicted molar refractivity (Wildman–Crippen MR) is 123 cm³/mol. The van der Waals surface area contributed by atoms with Gasteiger partial charge in [0.2, 0.25) is 5.91 Å². The molecule has 0 saturated heterocycles. The third-order valence-electron chi connectivity index (χ3n) is 6.15. The Morgan fingerprint density at radius 1 is 1.11 bits per heavy atom. The van der Waals surface area contributed by atoms with E-state index in [1.54, 1.807) is 31.2 Å². The Bertz CT molecular complexity index is 1290. The van der Waals surface area contributed by atoms with Crippen LogP contribution in [0.4, 0.5) is 4.39 Å². The molecule has 10 heteroatoms. The number of carbonyl (C=O) groups is 3. The van der Waals surface area contributed by atoms with Gasteiger partial charge < -0.3 is 24.3 Å². The number of esters is 1. The van der Waals surface area contributed by atoms with Crippen LogP contribution in [0, 0.1) is 5.82 Å². The van der Waals surface area contributed by atoms with Gasteiger partial charge in [0.05, 0.1) is 33.6 Å². The van der Waals surface area contributed by atoms with E-state index in [9.17, 15) is 18.8 Å². The molecule has 3 aromatic rings. The van der Waals surface area contributed by atoms with E-state index in [-0.39, 0.29) is 36.6 Å². The highest BCUT2D eigenvalue weighted by atomic mass is 19.1.